The molecule has 0 saturated carbocycles. The fourth-order valence-corrected chi connectivity index (χ4v) is 2.92. The maximum Gasteiger partial charge on any atom is 0.271 e. The van der Waals surface area contributed by atoms with Gasteiger partial charge in [0.1, 0.15) is 0 Å². The summed E-state index contributed by atoms with van der Waals surface area (Å²) >= 11 is 0. The number of allylic oxidation sites excluding steroid dienone is 2. The van der Waals surface area contributed by atoms with E-state index in [-0.39, 0.29) is 17.8 Å². The first-order valence-electron chi connectivity index (χ1n) is 7.63. The Hall–Kier alpha value is -2.29. The van der Waals surface area contributed by atoms with Gasteiger partial charge in [0.2, 0.25) is 0 Å². The molecule has 3 heteroatoms. The zero-order valence-corrected chi connectivity index (χ0v) is 13.2. The summed E-state index contributed by atoms with van der Waals surface area (Å²) in [6.07, 6.45) is 1.97. The smallest absolute Gasteiger partial charge is 0.271 e. The molecular formula is C20H18F2O. The van der Waals surface area contributed by atoms with Crippen molar-refractivity contribution in [1.29, 1.82) is 0 Å². The maximum absolute atomic E-state index is 13.8. The molecule has 23 heavy (non-hydrogen) atoms. The predicted molar refractivity (Wildman–Crippen MR) is 87.7 cm³/mol. The van der Waals surface area contributed by atoms with Gasteiger partial charge in [-0.05, 0) is 41.7 Å². The first-order valence-corrected chi connectivity index (χ1v) is 7.63. The van der Waals surface area contributed by atoms with Crippen molar-refractivity contribution in [2.75, 3.05) is 0 Å². The second-order valence-corrected chi connectivity index (χ2v) is 6.24. The Morgan fingerprint density at radius 2 is 1.70 bits per heavy atom. The highest BCUT2D eigenvalue weighted by molar-refractivity contribution is 6.03. The number of alkyl halides is 2. The molecular weight excluding hydrogens is 294 g/mol. The molecule has 0 N–H and O–H groups in total. The van der Waals surface area contributed by atoms with Gasteiger partial charge in [0.25, 0.3) is 5.92 Å². The van der Waals surface area contributed by atoms with Gasteiger partial charge in [-0.1, -0.05) is 48.0 Å². The average molecular weight is 312 g/mol. The Morgan fingerprint density at radius 1 is 1.04 bits per heavy atom. The van der Waals surface area contributed by atoms with Gasteiger partial charge in [-0.25, -0.2) is 8.78 Å². The largest absolute Gasteiger partial charge is 0.294 e. The number of ketones is 1. The molecule has 118 valence electrons. The summed E-state index contributed by atoms with van der Waals surface area (Å²) in [6.45, 7) is 2.87. The van der Waals surface area contributed by atoms with Gasteiger partial charge in [0.05, 0.1) is 0 Å². The van der Waals surface area contributed by atoms with Crippen molar-refractivity contribution in [3.8, 4) is 0 Å². The number of carbonyl (C=O) groups is 1. The second-order valence-electron chi connectivity index (χ2n) is 6.24. The van der Waals surface area contributed by atoms with Gasteiger partial charge < -0.3 is 0 Å². The minimum Gasteiger partial charge on any atom is -0.294 e. The highest BCUT2D eigenvalue weighted by atomic mass is 19.3. The number of rotatable bonds is 3. The van der Waals surface area contributed by atoms with Crippen molar-refractivity contribution < 1.29 is 13.6 Å². The number of hydrogen-bond donors (Lipinski definition) is 0. The Kier molecular flexibility index (Phi) is 3.88. The summed E-state index contributed by atoms with van der Waals surface area (Å²) in [5.74, 6) is -3.28. The summed E-state index contributed by atoms with van der Waals surface area (Å²) in [6, 6.07) is 13.7. The Balaban J connectivity index is 1.97. The molecule has 0 aliphatic heterocycles. The lowest BCUT2D eigenvalue weighted by molar-refractivity contribution is -0.114. The van der Waals surface area contributed by atoms with E-state index in [0.29, 0.717) is 17.5 Å². The molecule has 1 aliphatic carbocycles. The maximum atomic E-state index is 13.8. The van der Waals surface area contributed by atoms with Crippen LogP contribution in [0.3, 0.4) is 0 Å². The summed E-state index contributed by atoms with van der Waals surface area (Å²) in [7, 11) is 0. The number of halogens is 2. The van der Waals surface area contributed by atoms with Crippen LogP contribution in [0.15, 0.2) is 48.5 Å². The minimum atomic E-state index is -3.02. The minimum absolute atomic E-state index is 0.172. The Morgan fingerprint density at radius 3 is 2.35 bits per heavy atom. The van der Waals surface area contributed by atoms with Crippen LogP contribution in [0.5, 0.6) is 0 Å². The fourth-order valence-electron chi connectivity index (χ4n) is 2.92. The van der Waals surface area contributed by atoms with Crippen LogP contribution in [0.25, 0.3) is 5.57 Å². The second kappa shape index (κ2) is 5.73. The molecule has 0 fully saturated rings. The molecule has 0 radical (unpaired) electrons. The summed E-state index contributed by atoms with van der Waals surface area (Å²) in [5.41, 5.74) is 4.31. The highest BCUT2D eigenvalue weighted by Gasteiger charge is 2.33. The standard InChI is InChI=1S/C20H18F2O/c1-13-3-5-14(6-4-13)9-15-7-8-16-11-17(23)12-19(18(16)10-15)20(2,21)22/h3-8,10,12H,9,11H2,1-2H3. The van der Waals surface area contributed by atoms with E-state index in [2.05, 4.69) is 0 Å². The summed E-state index contributed by atoms with van der Waals surface area (Å²) in [4.78, 5) is 11.7. The van der Waals surface area contributed by atoms with E-state index in [1.54, 1.807) is 12.1 Å². The molecule has 0 bridgehead atoms. The molecule has 3 rings (SSSR count). The monoisotopic (exact) mass is 312 g/mol. The third-order valence-corrected chi connectivity index (χ3v) is 4.14. The molecule has 2 aromatic carbocycles. The third-order valence-electron chi connectivity index (χ3n) is 4.14. The Labute approximate surface area is 134 Å². The summed E-state index contributed by atoms with van der Waals surface area (Å²) in [5, 5.41) is 0. The molecule has 0 unspecified atom stereocenters. The summed E-state index contributed by atoms with van der Waals surface area (Å²) < 4.78 is 27.7. The molecule has 2 aromatic rings. The van der Waals surface area contributed by atoms with Crippen molar-refractivity contribution in [2.24, 2.45) is 0 Å². The highest BCUT2D eigenvalue weighted by Crippen LogP contribution is 2.37. The topological polar surface area (TPSA) is 17.1 Å². The number of hydrogen-bond acceptors (Lipinski definition) is 1. The van der Waals surface area contributed by atoms with Crippen LogP contribution in [0, 0.1) is 6.92 Å². The lowest BCUT2D eigenvalue weighted by atomic mass is 9.85. The van der Waals surface area contributed by atoms with E-state index in [4.69, 9.17) is 0 Å². The van der Waals surface area contributed by atoms with E-state index in [1.165, 1.54) is 5.56 Å². The zero-order valence-electron chi connectivity index (χ0n) is 13.2. The van der Waals surface area contributed by atoms with E-state index < -0.39 is 5.92 Å². The lowest BCUT2D eigenvalue weighted by Crippen LogP contribution is -2.20. The molecule has 1 nitrogen and oxygen atoms in total. The van der Waals surface area contributed by atoms with Crippen molar-refractivity contribution in [3.05, 3.63) is 76.4 Å². The van der Waals surface area contributed by atoms with Crippen molar-refractivity contribution >= 4 is 11.4 Å². The van der Waals surface area contributed by atoms with E-state index >= 15 is 0 Å². The number of fused-ring (bicyclic) bond motifs is 1. The lowest BCUT2D eigenvalue weighted by Gasteiger charge is -2.22. The molecule has 0 saturated heterocycles. The molecule has 0 amide bonds. The van der Waals surface area contributed by atoms with Gasteiger partial charge in [0, 0.05) is 18.9 Å². The number of carbonyl (C=O) groups excluding carboxylic acids is 1. The fraction of sp³-hybridized carbons (Fsp3) is 0.250. The van der Waals surface area contributed by atoms with E-state index in [1.807, 2.05) is 37.3 Å². The van der Waals surface area contributed by atoms with Crippen LogP contribution in [-0.4, -0.2) is 11.7 Å². The van der Waals surface area contributed by atoms with Gasteiger partial charge in [0.15, 0.2) is 5.78 Å². The first kappa shape index (κ1) is 15.6. The van der Waals surface area contributed by atoms with Gasteiger partial charge >= 0.3 is 0 Å². The van der Waals surface area contributed by atoms with Crippen molar-refractivity contribution in [2.45, 2.75) is 32.6 Å². The van der Waals surface area contributed by atoms with Crippen LogP contribution in [0.4, 0.5) is 8.78 Å². The predicted octanol–water partition coefficient (Wildman–Crippen LogP) is 4.75. The van der Waals surface area contributed by atoms with Crippen LogP contribution in [0.2, 0.25) is 0 Å². The Bertz CT molecular complexity index is 780. The van der Waals surface area contributed by atoms with Crippen molar-refractivity contribution in [3.63, 3.8) is 0 Å². The van der Waals surface area contributed by atoms with Crippen LogP contribution < -0.4 is 0 Å². The third kappa shape index (κ3) is 3.39. The normalized spacial score (nSPS) is 14.4. The molecule has 0 atom stereocenters. The van der Waals surface area contributed by atoms with E-state index in [0.717, 1.165) is 24.1 Å². The number of benzene rings is 2. The van der Waals surface area contributed by atoms with E-state index in [9.17, 15) is 13.6 Å². The molecule has 0 aromatic heterocycles. The molecule has 1 aliphatic rings. The van der Waals surface area contributed by atoms with Gasteiger partial charge in [-0.2, -0.15) is 0 Å². The van der Waals surface area contributed by atoms with Crippen LogP contribution in [-0.2, 0) is 17.6 Å². The average Bonchev–Trinajstić information content (AvgIpc) is 2.48. The van der Waals surface area contributed by atoms with Crippen LogP contribution in [0.1, 0.15) is 34.7 Å². The molecule has 0 heterocycles. The zero-order chi connectivity index (χ0) is 16.6. The van der Waals surface area contributed by atoms with Gasteiger partial charge in [-0.15, -0.1) is 0 Å². The first-order chi connectivity index (χ1) is 10.8. The van der Waals surface area contributed by atoms with Gasteiger partial charge in [-0.3, -0.25) is 4.79 Å². The SMILES string of the molecule is Cc1ccc(Cc2ccc3c(c2)C(C(C)(F)F)=CC(=O)C3)cc1. The van der Waals surface area contributed by atoms with Crippen LogP contribution >= 0.6 is 0 Å². The quantitative estimate of drug-likeness (QED) is 0.799. The van der Waals surface area contributed by atoms with Crippen molar-refractivity contribution in [1.82, 2.24) is 0 Å². The molecule has 0 spiro atoms. The number of aryl methyl sites for hydroxylation is 1.